The highest BCUT2D eigenvalue weighted by Crippen LogP contribution is 2.36. The summed E-state index contributed by atoms with van der Waals surface area (Å²) in [7, 11) is 1.74. The molecule has 43 heavy (non-hydrogen) atoms. The van der Waals surface area contributed by atoms with E-state index < -0.39 is 0 Å². The van der Waals surface area contributed by atoms with Gasteiger partial charge in [-0.1, -0.05) is 12.1 Å². The van der Waals surface area contributed by atoms with Crippen LogP contribution >= 0.6 is 11.8 Å². The van der Waals surface area contributed by atoms with Gasteiger partial charge in [-0.25, -0.2) is 9.29 Å². The summed E-state index contributed by atoms with van der Waals surface area (Å²) in [5.74, 6) is 1.11. The third-order valence-electron chi connectivity index (χ3n) is 7.33. The van der Waals surface area contributed by atoms with Gasteiger partial charge in [0.2, 0.25) is 0 Å². The van der Waals surface area contributed by atoms with Crippen LogP contribution in [0.2, 0.25) is 0 Å². The SMILES string of the molecule is COCCN1CCN(CCCCOc2ccc(N3C(=O)S/C(=C\c4ccc(Oc5ccc(F)cc5)cc4)C3=O)cc2)CC1. The second-order valence-electron chi connectivity index (χ2n) is 10.4. The van der Waals surface area contributed by atoms with Crippen LogP contribution in [0, 0.1) is 5.82 Å². The van der Waals surface area contributed by atoms with Crippen LogP contribution in [-0.2, 0) is 9.53 Å². The van der Waals surface area contributed by atoms with Gasteiger partial charge in [-0.05, 0) is 103 Å². The lowest BCUT2D eigenvalue weighted by molar-refractivity contribution is -0.113. The minimum Gasteiger partial charge on any atom is -0.494 e. The van der Waals surface area contributed by atoms with Gasteiger partial charge in [0.25, 0.3) is 11.1 Å². The van der Waals surface area contributed by atoms with E-state index >= 15 is 0 Å². The molecule has 2 aliphatic rings. The molecule has 2 aliphatic heterocycles. The van der Waals surface area contributed by atoms with Crippen LogP contribution in [0.15, 0.2) is 77.7 Å². The fourth-order valence-corrected chi connectivity index (χ4v) is 5.73. The van der Waals surface area contributed by atoms with Crippen LogP contribution in [0.1, 0.15) is 18.4 Å². The van der Waals surface area contributed by atoms with Crippen LogP contribution in [0.5, 0.6) is 17.2 Å². The number of thioether (sulfide) groups is 1. The lowest BCUT2D eigenvalue weighted by Gasteiger charge is -2.34. The first-order valence-corrected chi connectivity index (χ1v) is 15.3. The number of hydrogen-bond donors (Lipinski definition) is 0. The maximum Gasteiger partial charge on any atom is 0.298 e. The number of amides is 2. The number of carbonyl (C=O) groups is 2. The van der Waals surface area contributed by atoms with Crippen molar-refractivity contribution in [3.05, 3.63) is 89.1 Å². The molecule has 0 N–H and O–H groups in total. The third kappa shape index (κ3) is 8.67. The Balaban J connectivity index is 1.06. The summed E-state index contributed by atoms with van der Waals surface area (Å²) < 4.78 is 29.9. The van der Waals surface area contributed by atoms with Crippen molar-refractivity contribution < 1.29 is 28.2 Å². The molecule has 2 saturated heterocycles. The van der Waals surface area contributed by atoms with Crippen LogP contribution < -0.4 is 14.4 Å². The lowest BCUT2D eigenvalue weighted by atomic mass is 10.2. The number of ether oxygens (including phenoxy) is 3. The largest absolute Gasteiger partial charge is 0.494 e. The van der Waals surface area contributed by atoms with Gasteiger partial charge in [0, 0.05) is 39.8 Å². The van der Waals surface area contributed by atoms with Crippen molar-refractivity contribution in [3.63, 3.8) is 0 Å². The summed E-state index contributed by atoms with van der Waals surface area (Å²) in [6, 6.07) is 19.9. The monoisotopic (exact) mass is 605 g/mol. The predicted octanol–water partition coefficient (Wildman–Crippen LogP) is 6.28. The van der Waals surface area contributed by atoms with Crippen molar-refractivity contribution in [1.82, 2.24) is 9.80 Å². The third-order valence-corrected chi connectivity index (χ3v) is 8.20. The minimum absolute atomic E-state index is 0.332. The second-order valence-corrected chi connectivity index (χ2v) is 11.4. The summed E-state index contributed by atoms with van der Waals surface area (Å²) in [6.45, 7) is 7.84. The minimum atomic E-state index is -0.366. The molecule has 10 heteroatoms. The first-order chi connectivity index (χ1) is 21.0. The van der Waals surface area contributed by atoms with Gasteiger partial charge < -0.3 is 19.1 Å². The number of carbonyl (C=O) groups excluding carboxylic acids is 2. The molecule has 5 rings (SSSR count). The number of anilines is 1. The van der Waals surface area contributed by atoms with Gasteiger partial charge in [0.05, 0.1) is 23.8 Å². The van der Waals surface area contributed by atoms with Crippen molar-refractivity contribution in [3.8, 4) is 17.2 Å². The number of hydrogen-bond acceptors (Lipinski definition) is 8. The topological polar surface area (TPSA) is 71.6 Å². The normalized spacial score (nSPS) is 17.2. The lowest BCUT2D eigenvalue weighted by Crippen LogP contribution is -2.47. The van der Waals surface area contributed by atoms with E-state index in [-0.39, 0.29) is 17.0 Å². The van der Waals surface area contributed by atoms with Crippen LogP contribution in [0.3, 0.4) is 0 Å². The van der Waals surface area contributed by atoms with Crippen LogP contribution in [0.25, 0.3) is 6.08 Å². The van der Waals surface area contributed by atoms with Crippen LogP contribution in [0.4, 0.5) is 14.9 Å². The number of halogens is 1. The van der Waals surface area contributed by atoms with E-state index in [4.69, 9.17) is 14.2 Å². The molecule has 0 atom stereocenters. The Bertz CT molecular complexity index is 1390. The van der Waals surface area contributed by atoms with Crippen molar-refractivity contribution in [2.45, 2.75) is 12.8 Å². The second kappa shape index (κ2) is 15.2. The predicted molar refractivity (Wildman–Crippen MR) is 167 cm³/mol. The highest BCUT2D eigenvalue weighted by molar-refractivity contribution is 8.19. The van der Waals surface area contributed by atoms with E-state index in [2.05, 4.69) is 9.80 Å². The molecule has 0 unspecified atom stereocenters. The zero-order valence-electron chi connectivity index (χ0n) is 24.2. The van der Waals surface area contributed by atoms with E-state index in [0.717, 1.165) is 76.0 Å². The number of imide groups is 1. The Morgan fingerprint density at radius 3 is 2.02 bits per heavy atom. The number of methoxy groups -OCH3 is 1. The first kappa shape index (κ1) is 30.7. The quantitative estimate of drug-likeness (QED) is 0.167. The Labute approximate surface area is 256 Å². The van der Waals surface area contributed by atoms with Crippen molar-refractivity contribution in [2.75, 3.05) is 64.5 Å². The van der Waals surface area contributed by atoms with Crippen LogP contribution in [-0.4, -0.2) is 80.5 Å². The Kier molecular flexibility index (Phi) is 10.8. The molecule has 0 aliphatic carbocycles. The summed E-state index contributed by atoms with van der Waals surface area (Å²) in [4.78, 5) is 32.3. The molecule has 2 heterocycles. The average molecular weight is 606 g/mol. The number of rotatable bonds is 13. The molecule has 8 nitrogen and oxygen atoms in total. The number of piperazine rings is 1. The zero-order valence-corrected chi connectivity index (χ0v) is 25.1. The van der Waals surface area contributed by atoms with Crippen molar-refractivity contribution >= 4 is 34.7 Å². The van der Waals surface area contributed by atoms with Gasteiger partial charge in [0.15, 0.2) is 0 Å². The average Bonchev–Trinajstić information content (AvgIpc) is 3.30. The zero-order chi connectivity index (χ0) is 30.0. The van der Waals surface area contributed by atoms with Gasteiger partial charge >= 0.3 is 0 Å². The van der Waals surface area contributed by atoms with Crippen molar-refractivity contribution in [2.24, 2.45) is 0 Å². The fourth-order valence-electron chi connectivity index (χ4n) is 4.89. The number of benzene rings is 3. The highest BCUT2D eigenvalue weighted by atomic mass is 32.2. The maximum absolute atomic E-state index is 13.1. The Hall–Kier alpha value is -3.70. The molecule has 0 spiro atoms. The summed E-state index contributed by atoms with van der Waals surface area (Å²) in [5, 5.41) is -0.347. The molecule has 0 saturated carbocycles. The van der Waals surface area contributed by atoms with Gasteiger partial charge in [0.1, 0.15) is 23.1 Å². The molecule has 2 amide bonds. The first-order valence-electron chi connectivity index (χ1n) is 14.5. The molecule has 0 bridgehead atoms. The fraction of sp³-hybridized carbons (Fsp3) is 0.333. The van der Waals surface area contributed by atoms with E-state index in [1.165, 1.54) is 17.0 Å². The van der Waals surface area contributed by atoms with E-state index in [1.807, 2.05) is 0 Å². The molecule has 3 aromatic rings. The molecule has 226 valence electrons. The van der Waals surface area contributed by atoms with Gasteiger partial charge in [-0.3, -0.25) is 14.5 Å². The molecule has 0 radical (unpaired) electrons. The number of unbranched alkanes of at least 4 members (excludes halogenated alkanes) is 1. The molecular weight excluding hydrogens is 569 g/mol. The van der Waals surface area contributed by atoms with E-state index in [9.17, 15) is 14.0 Å². The molecule has 0 aromatic heterocycles. The molecule has 3 aromatic carbocycles. The standard InChI is InChI=1S/C33H36FN3O5S/c1-40-23-21-36-19-17-35(18-20-36)16-2-3-22-41-28-14-8-27(9-15-28)37-32(38)31(43-33(37)39)24-25-4-10-29(11-5-25)42-30-12-6-26(34)7-13-30/h4-15,24H,2-3,16-23H2,1H3/b31-24-. The van der Waals surface area contributed by atoms with Crippen molar-refractivity contribution in [1.29, 1.82) is 0 Å². The molecule has 2 fully saturated rings. The Morgan fingerprint density at radius 2 is 1.37 bits per heavy atom. The summed E-state index contributed by atoms with van der Waals surface area (Å²) >= 11 is 0.907. The summed E-state index contributed by atoms with van der Waals surface area (Å²) in [6.07, 6.45) is 3.72. The van der Waals surface area contributed by atoms with E-state index in [1.54, 1.807) is 73.8 Å². The molecular formula is C33H36FN3O5S. The van der Waals surface area contributed by atoms with Gasteiger partial charge in [-0.15, -0.1) is 0 Å². The Morgan fingerprint density at radius 1 is 0.767 bits per heavy atom. The smallest absolute Gasteiger partial charge is 0.298 e. The van der Waals surface area contributed by atoms with Gasteiger partial charge in [-0.2, -0.15) is 0 Å². The van der Waals surface area contributed by atoms with E-state index in [0.29, 0.717) is 34.4 Å². The number of nitrogens with zero attached hydrogens (tertiary/aromatic N) is 3. The highest BCUT2D eigenvalue weighted by Gasteiger charge is 2.36. The maximum atomic E-state index is 13.1. The summed E-state index contributed by atoms with van der Waals surface area (Å²) in [5.41, 5.74) is 1.26.